The minimum Gasteiger partial charge on any atom is -0.352 e. The summed E-state index contributed by atoms with van der Waals surface area (Å²) in [4.78, 5) is 27.7. The van der Waals surface area contributed by atoms with Crippen LogP contribution in [-0.4, -0.2) is 35.3 Å². The van der Waals surface area contributed by atoms with Crippen molar-refractivity contribution in [2.45, 2.75) is 59.0 Å². The summed E-state index contributed by atoms with van der Waals surface area (Å²) in [5.74, 6) is -0.0876. The largest absolute Gasteiger partial charge is 0.352 e. The number of hydrogen-bond donors (Lipinski definition) is 1. The van der Waals surface area contributed by atoms with E-state index in [0.717, 1.165) is 23.1 Å². The van der Waals surface area contributed by atoms with Gasteiger partial charge < -0.3 is 10.2 Å². The normalized spacial score (nSPS) is 11.9. The summed E-state index contributed by atoms with van der Waals surface area (Å²) in [6, 6.07) is 17.7. The maximum Gasteiger partial charge on any atom is 0.242 e. The Balaban J connectivity index is 2.20. The molecule has 1 N–H and O–H groups in total. The van der Waals surface area contributed by atoms with Crippen LogP contribution in [-0.2, 0) is 22.4 Å². The van der Waals surface area contributed by atoms with E-state index in [0.29, 0.717) is 19.4 Å². The van der Waals surface area contributed by atoms with Gasteiger partial charge in [-0.15, -0.1) is 0 Å². The van der Waals surface area contributed by atoms with Crippen LogP contribution in [0.1, 0.15) is 43.9 Å². The molecular weight excluding hydrogens is 348 g/mol. The average Bonchev–Trinajstić information content (AvgIpc) is 2.65. The van der Waals surface area contributed by atoms with Crippen LogP contribution < -0.4 is 5.32 Å². The van der Waals surface area contributed by atoms with Gasteiger partial charge in [0.05, 0.1) is 6.42 Å². The van der Waals surface area contributed by atoms with Gasteiger partial charge in [-0.05, 0) is 44.7 Å². The zero-order chi connectivity index (χ0) is 20.5. The lowest BCUT2D eigenvalue weighted by atomic mass is 10.0. The maximum atomic E-state index is 13.2. The summed E-state index contributed by atoms with van der Waals surface area (Å²) in [7, 11) is 0. The van der Waals surface area contributed by atoms with E-state index >= 15 is 0 Å². The molecule has 0 bridgehead atoms. The van der Waals surface area contributed by atoms with Gasteiger partial charge in [-0.2, -0.15) is 0 Å². The average molecular weight is 381 g/mol. The maximum absolute atomic E-state index is 13.2. The predicted octanol–water partition coefficient (Wildman–Crippen LogP) is 3.91. The third-order valence-corrected chi connectivity index (χ3v) is 4.74. The van der Waals surface area contributed by atoms with Crippen LogP contribution in [0.25, 0.3) is 0 Å². The molecular formula is C24H32N2O2. The fourth-order valence-corrected chi connectivity index (χ4v) is 3.37. The zero-order valence-corrected chi connectivity index (χ0v) is 17.4. The second-order valence-corrected chi connectivity index (χ2v) is 7.58. The second kappa shape index (κ2) is 10.6. The standard InChI is InChI=1S/C24H32N2O2/c1-5-22(24(28)25-18(2)3)26(15-14-20-11-7-6-8-12-20)23(27)17-21-13-9-10-19(4)16-21/h6-13,16,18,22H,5,14-15,17H2,1-4H3,(H,25,28). The Morgan fingerprint density at radius 2 is 1.68 bits per heavy atom. The van der Waals surface area contributed by atoms with Crippen molar-refractivity contribution < 1.29 is 9.59 Å². The highest BCUT2D eigenvalue weighted by Crippen LogP contribution is 2.13. The van der Waals surface area contributed by atoms with Crippen LogP contribution in [0.3, 0.4) is 0 Å². The van der Waals surface area contributed by atoms with E-state index in [9.17, 15) is 9.59 Å². The van der Waals surface area contributed by atoms with E-state index in [4.69, 9.17) is 0 Å². The number of nitrogens with zero attached hydrogens (tertiary/aromatic N) is 1. The number of hydrogen-bond acceptors (Lipinski definition) is 2. The second-order valence-electron chi connectivity index (χ2n) is 7.58. The Morgan fingerprint density at radius 1 is 1.00 bits per heavy atom. The lowest BCUT2D eigenvalue weighted by Gasteiger charge is -2.31. The first kappa shape index (κ1) is 21.7. The number of carbonyl (C=O) groups is 2. The van der Waals surface area contributed by atoms with Gasteiger partial charge in [0.2, 0.25) is 11.8 Å². The molecule has 2 aromatic rings. The lowest BCUT2D eigenvalue weighted by Crippen LogP contribution is -2.51. The highest BCUT2D eigenvalue weighted by Gasteiger charge is 2.28. The van der Waals surface area contributed by atoms with Crippen molar-refractivity contribution in [3.8, 4) is 0 Å². The summed E-state index contributed by atoms with van der Waals surface area (Å²) in [5.41, 5.74) is 3.27. The Morgan fingerprint density at radius 3 is 2.29 bits per heavy atom. The van der Waals surface area contributed by atoms with Gasteiger partial charge in [0, 0.05) is 12.6 Å². The molecule has 150 valence electrons. The van der Waals surface area contributed by atoms with Gasteiger partial charge >= 0.3 is 0 Å². The van der Waals surface area contributed by atoms with E-state index in [1.165, 1.54) is 0 Å². The van der Waals surface area contributed by atoms with E-state index < -0.39 is 6.04 Å². The molecule has 2 amide bonds. The summed E-state index contributed by atoms with van der Waals surface area (Å²) < 4.78 is 0. The minimum absolute atomic E-state index is 0.00714. The molecule has 0 spiro atoms. The van der Waals surface area contributed by atoms with Gasteiger partial charge in [-0.1, -0.05) is 67.1 Å². The van der Waals surface area contributed by atoms with Gasteiger partial charge in [-0.25, -0.2) is 0 Å². The van der Waals surface area contributed by atoms with Crippen LogP contribution in [0, 0.1) is 6.92 Å². The molecule has 0 saturated carbocycles. The van der Waals surface area contributed by atoms with E-state index in [-0.39, 0.29) is 17.9 Å². The van der Waals surface area contributed by atoms with E-state index in [1.54, 1.807) is 4.90 Å². The molecule has 1 unspecified atom stereocenters. The van der Waals surface area contributed by atoms with Crippen LogP contribution in [0.15, 0.2) is 54.6 Å². The zero-order valence-electron chi connectivity index (χ0n) is 17.4. The van der Waals surface area contributed by atoms with E-state index in [1.807, 2.05) is 70.2 Å². The Labute approximate surface area is 169 Å². The third-order valence-electron chi connectivity index (χ3n) is 4.74. The highest BCUT2D eigenvalue weighted by molar-refractivity contribution is 5.88. The minimum atomic E-state index is -0.455. The van der Waals surface area contributed by atoms with Crippen molar-refractivity contribution in [3.63, 3.8) is 0 Å². The summed E-state index contributed by atoms with van der Waals surface area (Å²) in [5, 5.41) is 2.97. The number of benzene rings is 2. The Hall–Kier alpha value is -2.62. The van der Waals surface area contributed by atoms with E-state index in [2.05, 4.69) is 17.4 Å². The van der Waals surface area contributed by atoms with Crippen molar-refractivity contribution in [2.75, 3.05) is 6.54 Å². The van der Waals surface area contributed by atoms with Gasteiger partial charge in [0.15, 0.2) is 0 Å². The first-order valence-corrected chi connectivity index (χ1v) is 10.1. The fraction of sp³-hybridized carbons (Fsp3) is 0.417. The molecule has 4 nitrogen and oxygen atoms in total. The summed E-state index contributed by atoms with van der Waals surface area (Å²) in [6.07, 6.45) is 1.63. The number of amides is 2. The quantitative estimate of drug-likeness (QED) is 0.717. The summed E-state index contributed by atoms with van der Waals surface area (Å²) >= 11 is 0. The van der Waals surface area contributed by atoms with Crippen molar-refractivity contribution >= 4 is 11.8 Å². The third kappa shape index (κ3) is 6.52. The Bertz CT molecular complexity index is 771. The number of rotatable bonds is 9. The summed E-state index contributed by atoms with van der Waals surface area (Å²) in [6.45, 7) is 8.38. The van der Waals surface area contributed by atoms with Gasteiger partial charge in [0.1, 0.15) is 6.04 Å². The van der Waals surface area contributed by atoms with Crippen LogP contribution in [0.5, 0.6) is 0 Å². The van der Waals surface area contributed by atoms with Crippen LogP contribution in [0.2, 0.25) is 0 Å². The number of nitrogens with one attached hydrogen (secondary N) is 1. The number of aryl methyl sites for hydroxylation is 1. The molecule has 0 fully saturated rings. The monoisotopic (exact) mass is 380 g/mol. The Kier molecular flexibility index (Phi) is 8.24. The van der Waals surface area contributed by atoms with Crippen LogP contribution >= 0.6 is 0 Å². The van der Waals surface area contributed by atoms with Crippen molar-refractivity contribution in [1.82, 2.24) is 10.2 Å². The molecule has 2 aromatic carbocycles. The smallest absolute Gasteiger partial charge is 0.242 e. The molecule has 0 radical (unpaired) electrons. The van der Waals surface area contributed by atoms with Crippen molar-refractivity contribution in [2.24, 2.45) is 0 Å². The predicted molar refractivity (Wildman–Crippen MR) is 114 cm³/mol. The van der Waals surface area contributed by atoms with Crippen molar-refractivity contribution in [3.05, 3.63) is 71.3 Å². The van der Waals surface area contributed by atoms with Gasteiger partial charge in [-0.3, -0.25) is 9.59 Å². The molecule has 2 rings (SSSR count). The molecule has 4 heteroatoms. The highest BCUT2D eigenvalue weighted by atomic mass is 16.2. The topological polar surface area (TPSA) is 49.4 Å². The molecule has 0 saturated heterocycles. The van der Waals surface area contributed by atoms with Crippen LogP contribution in [0.4, 0.5) is 0 Å². The molecule has 0 aromatic heterocycles. The van der Waals surface area contributed by atoms with Gasteiger partial charge in [0.25, 0.3) is 0 Å². The fourth-order valence-electron chi connectivity index (χ4n) is 3.37. The first-order valence-electron chi connectivity index (χ1n) is 10.1. The molecule has 0 aliphatic carbocycles. The molecule has 0 aliphatic rings. The number of carbonyl (C=O) groups excluding carboxylic acids is 2. The molecule has 1 atom stereocenters. The molecule has 0 heterocycles. The van der Waals surface area contributed by atoms with Crippen molar-refractivity contribution in [1.29, 1.82) is 0 Å². The molecule has 28 heavy (non-hydrogen) atoms. The molecule has 0 aliphatic heterocycles. The lowest BCUT2D eigenvalue weighted by molar-refractivity contribution is -0.140. The first-order chi connectivity index (χ1) is 13.4. The SMILES string of the molecule is CCC(C(=O)NC(C)C)N(CCc1ccccc1)C(=O)Cc1cccc(C)c1.